The molecule has 15 heteroatoms. The monoisotopic (exact) mass is 571 g/mol. The van der Waals surface area contributed by atoms with Crippen molar-refractivity contribution in [1.29, 1.82) is 0 Å². The number of sulfonamides is 2. The van der Waals surface area contributed by atoms with Gasteiger partial charge in [0.25, 0.3) is 10.6 Å². The van der Waals surface area contributed by atoms with Crippen LogP contribution in [0.25, 0.3) is 0 Å². The van der Waals surface area contributed by atoms with E-state index in [4.69, 9.17) is 0 Å². The number of para-hydroxylation sites is 2. The van der Waals surface area contributed by atoms with Crippen molar-refractivity contribution in [2.24, 2.45) is 0 Å². The van der Waals surface area contributed by atoms with E-state index in [1.54, 1.807) is 0 Å². The molecule has 0 saturated carbocycles. The van der Waals surface area contributed by atoms with Crippen molar-refractivity contribution in [3.63, 3.8) is 0 Å². The van der Waals surface area contributed by atoms with Crippen LogP contribution in [0, 0.1) is 15.0 Å². The molecule has 0 amide bonds. The van der Waals surface area contributed by atoms with Crippen molar-refractivity contribution in [2.45, 2.75) is 41.9 Å². The molecular formula is C23H33N5O8S2+2. The summed E-state index contributed by atoms with van der Waals surface area (Å²) in [7, 11) is -9.99. The Morgan fingerprint density at radius 2 is 1.18 bits per heavy atom. The van der Waals surface area contributed by atoms with Crippen molar-refractivity contribution in [1.82, 2.24) is 10.6 Å². The maximum atomic E-state index is 14.4. The molecule has 208 valence electrons. The maximum absolute atomic E-state index is 14.4. The fourth-order valence-electron chi connectivity index (χ4n) is 4.55. The molecule has 3 rings (SSSR count). The van der Waals surface area contributed by atoms with E-state index in [1.165, 1.54) is 24.3 Å². The molecule has 38 heavy (non-hydrogen) atoms. The van der Waals surface area contributed by atoms with E-state index in [9.17, 15) is 37.1 Å². The topological polar surface area (TPSA) is 176 Å². The smallest absolute Gasteiger partial charge is 0.315 e. The molecule has 0 aliphatic carbocycles. The fourth-order valence-corrected chi connectivity index (χ4v) is 9.50. The van der Waals surface area contributed by atoms with Crippen LogP contribution >= 0.6 is 0 Å². The Morgan fingerprint density at radius 1 is 0.684 bits per heavy atom. The normalized spacial score (nSPS) is 20.7. The SMILES string of the molecule is O=[N+]([O-])c1ccccc1S(=O)(=O)[N+]1(S(=O)(=O)c2ccccc2[N+](=O)O)CCCCCCCNCCNCC1. The molecule has 1 aliphatic rings. The molecule has 1 heterocycles. The molecule has 3 N–H and O–H groups in total. The van der Waals surface area contributed by atoms with Crippen molar-refractivity contribution in [3.05, 3.63) is 63.6 Å². The van der Waals surface area contributed by atoms with Crippen LogP contribution < -0.4 is 10.6 Å². The molecular weight excluding hydrogens is 538 g/mol. The van der Waals surface area contributed by atoms with Gasteiger partial charge in [0.05, 0.1) is 9.83 Å². The van der Waals surface area contributed by atoms with Gasteiger partial charge in [-0.1, -0.05) is 37.1 Å². The molecule has 2 aromatic rings. The van der Waals surface area contributed by atoms with E-state index >= 15 is 0 Å². The second-order valence-corrected chi connectivity index (χ2v) is 13.4. The van der Waals surface area contributed by atoms with Gasteiger partial charge in [-0.05, 0) is 37.9 Å². The van der Waals surface area contributed by atoms with Gasteiger partial charge in [-0.2, -0.15) is 16.8 Å². The third kappa shape index (κ3) is 6.02. The zero-order valence-electron chi connectivity index (χ0n) is 20.9. The highest BCUT2D eigenvalue weighted by molar-refractivity contribution is 7.98. The molecule has 1 unspecified atom stereocenters. The van der Waals surface area contributed by atoms with E-state index in [0.29, 0.717) is 19.5 Å². The molecule has 13 nitrogen and oxygen atoms in total. The van der Waals surface area contributed by atoms with Crippen molar-refractivity contribution < 1.29 is 35.2 Å². The molecule has 1 aliphatic heterocycles. The lowest BCUT2D eigenvalue weighted by Crippen LogP contribution is -2.59. The molecule has 1 atom stereocenters. The quantitative estimate of drug-likeness (QED) is 0.265. The second kappa shape index (κ2) is 12.7. The van der Waals surface area contributed by atoms with Gasteiger partial charge in [-0.3, -0.25) is 10.1 Å². The first kappa shape index (κ1) is 29.6. The summed E-state index contributed by atoms with van der Waals surface area (Å²) in [6.45, 7) is 0.912. The van der Waals surface area contributed by atoms with Crippen molar-refractivity contribution in [3.8, 4) is 0 Å². The molecule has 0 spiro atoms. The number of rotatable bonds is 6. The number of hydrogen-bond donors (Lipinski definition) is 3. The zero-order valence-corrected chi connectivity index (χ0v) is 22.5. The largest absolute Gasteiger partial charge is 0.349 e. The first-order valence-electron chi connectivity index (χ1n) is 12.3. The van der Waals surface area contributed by atoms with Gasteiger partial charge in [-0.25, -0.2) is 5.21 Å². The molecule has 1 saturated heterocycles. The standard InChI is InChI=1S/C23H33N5O8S2/c29-26(30)20-10-4-6-12-22(20)37(33,34)28(38(35,36)23-13-7-5-11-21(23)27(31)32)18-9-3-1-2-8-14-24-15-16-25-17-19-28/h4-7,10-13,24-25H,1-3,8-9,14-19H2,(H,29,30)/q+2. The third-order valence-corrected chi connectivity index (χ3v) is 12.0. The Hall–Kier alpha value is -2.98. The first-order valence-corrected chi connectivity index (χ1v) is 15.2. The highest BCUT2D eigenvalue weighted by Gasteiger charge is 2.57. The number of quaternary nitrogens is 1. The van der Waals surface area contributed by atoms with Crippen LogP contribution in [0.4, 0.5) is 11.4 Å². The van der Waals surface area contributed by atoms with Crippen LogP contribution in [-0.2, 0) is 20.0 Å². The lowest BCUT2D eigenvalue weighted by Gasteiger charge is -2.35. The molecule has 0 aromatic heterocycles. The molecule has 0 radical (unpaired) electrons. The molecule has 1 fully saturated rings. The number of nitro groups is 1. The lowest BCUT2D eigenvalue weighted by atomic mass is 10.1. The number of hydrogen-bond acceptors (Lipinski definition) is 9. The van der Waals surface area contributed by atoms with Crippen LogP contribution in [0.15, 0.2) is 58.3 Å². The average molecular weight is 572 g/mol. The maximum Gasteiger partial charge on any atom is 0.349 e. The second-order valence-electron chi connectivity index (χ2n) is 8.95. The van der Waals surface area contributed by atoms with E-state index in [0.717, 1.165) is 50.1 Å². The molecule has 2 aromatic carbocycles. The molecule has 0 bridgehead atoms. The summed E-state index contributed by atoms with van der Waals surface area (Å²) < 4.78 is 55.9. The van der Waals surface area contributed by atoms with Gasteiger partial charge in [0.1, 0.15) is 13.1 Å². The van der Waals surface area contributed by atoms with Gasteiger partial charge in [0.15, 0.2) is 4.90 Å². The van der Waals surface area contributed by atoms with Crippen LogP contribution in [0.1, 0.15) is 32.1 Å². The van der Waals surface area contributed by atoms with Crippen LogP contribution in [0.5, 0.6) is 0 Å². The van der Waals surface area contributed by atoms with Gasteiger partial charge in [0.2, 0.25) is 4.90 Å². The average Bonchev–Trinajstić information content (AvgIpc) is 2.89. The Morgan fingerprint density at radius 3 is 1.79 bits per heavy atom. The first-order chi connectivity index (χ1) is 18.1. The highest BCUT2D eigenvalue weighted by atomic mass is 32.3. The van der Waals surface area contributed by atoms with Gasteiger partial charge >= 0.3 is 25.7 Å². The van der Waals surface area contributed by atoms with Crippen LogP contribution in [-0.4, -0.2) is 74.5 Å². The van der Waals surface area contributed by atoms with E-state index in [1.807, 2.05) is 0 Å². The Labute approximate surface area is 221 Å². The van der Waals surface area contributed by atoms with Gasteiger partial charge < -0.3 is 10.6 Å². The summed E-state index contributed by atoms with van der Waals surface area (Å²) in [4.78, 5) is 20.7. The summed E-state index contributed by atoms with van der Waals surface area (Å²) >= 11 is 0. The van der Waals surface area contributed by atoms with E-state index in [2.05, 4.69) is 10.6 Å². The number of nitrogens with zero attached hydrogens (tertiary/aromatic N) is 3. The summed E-state index contributed by atoms with van der Waals surface area (Å²) in [5, 5.41) is 27.7. The minimum Gasteiger partial charge on any atom is -0.315 e. The number of nitrogens with one attached hydrogen (secondary N) is 2. The minimum absolute atomic E-state index is 0.0524. The van der Waals surface area contributed by atoms with Gasteiger partial charge in [0, 0.05) is 31.8 Å². The van der Waals surface area contributed by atoms with E-state index < -0.39 is 67.4 Å². The third-order valence-electron chi connectivity index (χ3n) is 6.53. The highest BCUT2D eigenvalue weighted by Crippen LogP contribution is 2.39. The van der Waals surface area contributed by atoms with Gasteiger partial charge in [-0.15, -0.1) is 3.29 Å². The Bertz CT molecular complexity index is 1260. The van der Waals surface area contributed by atoms with E-state index in [-0.39, 0.29) is 13.0 Å². The summed E-state index contributed by atoms with van der Waals surface area (Å²) in [5.74, 6) is 0. The minimum atomic E-state index is -5.00. The zero-order chi connectivity index (χ0) is 27.8. The Kier molecular flexibility index (Phi) is 9.89. The number of nitro benzene ring substituents is 1. The summed E-state index contributed by atoms with van der Waals surface area (Å²) in [6, 6.07) is 9.35. The summed E-state index contributed by atoms with van der Waals surface area (Å²) in [6.07, 6.45) is 3.24. The van der Waals surface area contributed by atoms with Crippen molar-refractivity contribution in [2.75, 3.05) is 39.3 Å². The van der Waals surface area contributed by atoms with Crippen LogP contribution in [0.2, 0.25) is 0 Å². The van der Waals surface area contributed by atoms with Crippen molar-refractivity contribution >= 4 is 31.4 Å². The predicted octanol–water partition coefficient (Wildman–Crippen LogP) is 2.43. The lowest BCUT2D eigenvalue weighted by molar-refractivity contribution is -0.731. The summed E-state index contributed by atoms with van der Waals surface area (Å²) in [5.41, 5.74) is -1.41. The number of benzene rings is 2. The fraction of sp³-hybridized carbons (Fsp3) is 0.478. The Balaban J connectivity index is 2.29. The van der Waals surface area contributed by atoms with Crippen LogP contribution in [0.3, 0.4) is 0 Å². The predicted molar refractivity (Wildman–Crippen MR) is 138 cm³/mol.